The van der Waals surface area contributed by atoms with Crippen LogP contribution in [0.4, 0.5) is 5.69 Å². The minimum atomic E-state index is -0.291. The summed E-state index contributed by atoms with van der Waals surface area (Å²) in [6.45, 7) is 2.13. The molecule has 0 radical (unpaired) electrons. The fourth-order valence-corrected chi connectivity index (χ4v) is 1.72. The van der Waals surface area contributed by atoms with E-state index in [0.717, 1.165) is 12.0 Å². The summed E-state index contributed by atoms with van der Waals surface area (Å²) in [5.41, 5.74) is 1.18. The smallest absolute Gasteiger partial charge is 0.258 e. The molecule has 0 aromatic heterocycles. The zero-order valence-electron chi connectivity index (χ0n) is 7.43. The summed E-state index contributed by atoms with van der Waals surface area (Å²) in [6.07, 6.45) is 1.09. The van der Waals surface area contributed by atoms with Crippen LogP contribution in [0.3, 0.4) is 0 Å². The summed E-state index contributed by atoms with van der Waals surface area (Å²) in [5.74, 6) is 1.03. The summed E-state index contributed by atoms with van der Waals surface area (Å²) < 4.78 is 0. The highest BCUT2D eigenvalue weighted by atomic mass is 16.6. The Bertz CT molecular complexity index is 349. The average Bonchev–Trinajstić information content (AvgIpc) is 2.82. The Morgan fingerprint density at radius 3 is 2.62 bits per heavy atom. The van der Waals surface area contributed by atoms with Crippen LogP contribution in [0.1, 0.15) is 24.8 Å². The van der Waals surface area contributed by atoms with Crippen molar-refractivity contribution in [2.75, 3.05) is 0 Å². The molecule has 1 aromatic carbocycles. The second kappa shape index (κ2) is 2.83. The molecule has 3 nitrogen and oxygen atoms in total. The number of nitro groups is 1. The maximum Gasteiger partial charge on any atom is 0.272 e. The van der Waals surface area contributed by atoms with Crippen molar-refractivity contribution in [1.29, 1.82) is 0 Å². The Morgan fingerprint density at radius 2 is 2.08 bits per heavy atom. The van der Waals surface area contributed by atoms with E-state index in [9.17, 15) is 10.1 Å². The first-order chi connectivity index (χ1) is 6.20. The van der Waals surface area contributed by atoms with Gasteiger partial charge in [0.1, 0.15) is 0 Å². The molecular formula is C10H11NO2. The molecule has 0 N–H and O–H groups in total. The first-order valence-electron chi connectivity index (χ1n) is 4.43. The summed E-state index contributed by atoms with van der Waals surface area (Å²) in [7, 11) is 0. The van der Waals surface area contributed by atoms with Gasteiger partial charge in [0.15, 0.2) is 0 Å². The lowest BCUT2D eigenvalue weighted by Gasteiger charge is -1.99. The molecule has 2 rings (SSSR count). The molecule has 2 atom stereocenters. The standard InChI is InChI=1S/C10H11NO2/c1-7-6-9(7)8-4-2-3-5-10(8)11(12)13/h2-5,7,9H,6H2,1H3/t7-,9-/m1/s1. The monoisotopic (exact) mass is 177 g/mol. The molecule has 3 heteroatoms. The van der Waals surface area contributed by atoms with Crippen LogP contribution in [0.25, 0.3) is 0 Å². The highest BCUT2D eigenvalue weighted by molar-refractivity contribution is 5.44. The van der Waals surface area contributed by atoms with Crippen molar-refractivity contribution in [2.45, 2.75) is 19.3 Å². The van der Waals surface area contributed by atoms with Crippen LogP contribution in [0.2, 0.25) is 0 Å². The van der Waals surface area contributed by atoms with Crippen LogP contribution in [0.15, 0.2) is 24.3 Å². The predicted molar refractivity (Wildman–Crippen MR) is 49.6 cm³/mol. The average molecular weight is 177 g/mol. The Labute approximate surface area is 76.5 Å². The maximum atomic E-state index is 10.7. The number of benzene rings is 1. The number of para-hydroxylation sites is 1. The van der Waals surface area contributed by atoms with Gasteiger partial charge in [0.25, 0.3) is 5.69 Å². The van der Waals surface area contributed by atoms with E-state index < -0.39 is 0 Å². The molecule has 1 aromatic rings. The van der Waals surface area contributed by atoms with E-state index >= 15 is 0 Å². The quantitative estimate of drug-likeness (QED) is 0.515. The number of nitrogens with zero attached hydrogens (tertiary/aromatic N) is 1. The van der Waals surface area contributed by atoms with Crippen LogP contribution in [0.5, 0.6) is 0 Å². The van der Waals surface area contributed by atoms with E-state index in [1.165, 1.54) is 0 Å². The molecule has 1 aliphatic carbocycles. The first-order valence-corrected chi connectivity index (χ1v) is 4.43. The van der Waals surface area contributed by atoms with E-state index in [2.05, 4.69) is 6.92 Å². The van der Waals surface area contributed by atoms with E-state index in [0.29, 0.717) is 11.8 Å². The topological polar surface area (TPSA) is 43.1 Å². The second-order valence-corrected chi connectivity index (χ2v) is 3.64. The highest BCUT2D eigenvalue weighted by Crippen LogP contribution is 2.49. The zero-order valence-corrected chi connectivity index (χ0v) is 7.43. The van der Waals surface area contributed by atoms with Crippen LogP contribution < -0.4 is 0 Å². The van der Waals surface area contributed by atoms with Gasteiger partial charge in [-0.05, 0) is 18.3 Å². The third kappa shape index (κ3) is 1.41. The summed E-state index contributed by atoms with van der Waals surface area (Å²) in [6, 6.07) is 7.04. The molecular weight excluding hydrogens is 166 g/mol. The van der Waals surface area contributed by atoms with Gasteiger partial charge < -0.3 is 0 Å². The fraction of sp³-hybridized carbons (Fsp3) is 0.400. The highest BCUT2D eigenvalue weighted by Gasteiger charge is 2.37. The molecule has 68 valence electrons. The molecule has 0 aliphatic heterocycles. The Balaban J connectivity index is 2.38. The third-order valence-corrected chi connectivity index (χ3v) is 2.64. The van der Waals surface area contributed by atoms with Gasteiger partial charge >= 0.3 is 0 Å². The van der Waals surface area contributed by atoms with E-state index in [1.807, 2.05) is 12.1 Å². The van der Waals surface area contributed by atoms with Gasteiger partial charge in [-0.15, -0.1) is 0 Å². The minimum Gasteiger partial charge on any atom is -0.258 e. The van der Waals surface area contributed by atoms with E-state index in [-0.39, 0.29) is 10.6 Å². The number of hydrogen-bond acceptors (Lipinski definition) is 2. The molecule has 0 spiro atoms. The predicted octanol–water partition coefficient (Wildman–Crippen LogP) is 2.72. The molecule has 0 saturated heterocycles. The van der Waals surface area contributed by atoms with Crippen LogP contribution in [-0.4, -0.2) is 4.92 Å². The minimum absolute atomic E-state index is 0.275. The van der Waals surface area contributed by atoms with Crippen LogP contribution >= 0.6 is 0 Å². The van der Waals surface area contributed by atoms with Crippen molar-refractivity contribution in [3.05, 3.63) is 39.9 Å². The SMILES string of the molecule is C[C@@H]1C[C@H]1c1ccccc1[N+](=O)[O-]. The van der Waals surface area contributed by atoms with Gasteiger partial charge in [-0.25, -0.2) is 0 Å². The molecule has 1 saturated carbocycles. The van der Waals surface area contributed by atoms with Crippen LogP contribution in [-0.2, 0) is 0 Å². The summed E-state index contributed by atoms with van der Waals surface area (Å²) >= 11 is 0. The lowest BCUT2D eigenvalue weighted by atomic mass is 10.1. The lowest BCUT2D eigenvalue weighted by molar-refractivity contribution is -0.385. The maximum absolute atomic E-state index is 10.7. The summed E-state index contributed by atoms with van der Waals surface area (Å²) in [4.78, 5) is 10.4. The van der Waals surface area contributed by atoms with Crippen molar-refractivity contribution in [2.24, 2.45) is 5.92 Å². The number of rotatable bonds is 2. The number of hydrogen-bond donors (Lipinski definition) is 0. The lowest BCUT2D eigenvalue weighted by Crippen LogP contribution is -1.93. The fourth-order valence-electron chi connectivity index (χ4n) is 1.72. The van der Waals surface area contributed by atoms with Crippen molar-refractivity contribution in [3.63, 3.8) is 0 Å². The van der Waals surface area contributed by atoms with Gasteiger partial charge in [0.2, 0.25) is 0 Å². The Hall–Kier alpha value is -1.38. The molecule has 0 heterocycles. The van der Waals surface area contributed by atoms with Gasteiger partial charge in [0.05, 0.1) is 4.92 Å². The van der Waals surface area contributed by atoms with Gasteiger partial charge in [-0.1, -0.05) is 25.1 Å². The molecule has 13 heavy (non-hydrogen) atoms. The van der Waals surface area contributed by atoms with Crippen molar-refractivity contribution >= 4 is 5.69 Å². The van der Waals surface area contributed by atoms with Crippen molar-refractivity contribution in [1.82, 2.24) is 0 Å². The molecule has 1 fully saturated rings. The van der Waals surface area contributed by atoms with Gasteiger partial charge in [-0.3, -0.25) is 10.1 Å². The molecule has 0 bridgehead atoms. The van der Waals surface area contributed by atoms with Crippen LogP contribution in [0, 0.1) is 16.0 Å². The first kappa shape index (κ1) is 8.23. The van der Waals surface area contributed by atoms with Gasteiger partial charge in [-0.2, -0.15) is 0 Å². The number of nitro benzene ring substituents is 1. The molecule has 0 amide bonds. The van der Waals surface area contributed by atoms with E-state index in [1.54, 1.807) is 12.1 Å². The summed E-state index contributed by atoms with van der Waals surface area (Å²) in [5, 5.41) is 10.7. The second-order valence-electron chi connectivity index (χ2n) is 3.64. The Morgan fingerprint density at radius 1 is 1.46 bits per heavy atom. The normalized spacial score (nSPS) is 25.6. The van der Waals surface area contributed by atoms with Crippen molar-refractivity contribution < 1.29 is 4.92 Å². The zero-order chi connectivity index (χ0) is 9.42. The molecule has 0 unspecified atom stereocenters. The molecule has 1 aliphatic rings. The van der Waals surface area contributed by atoms with Crippen molar-refractivity contribution in [3.8, 4) is 0 Å². The Kier molecular flexibility index (Phi) is 1.79. The van der Waals surface area contributed by atoms with E-state index in [4.69, 9.17) is 0 Å². The van der Waals surface area contributed by atoms with Gasteiger partial charge in [0, 0.05) is 11.6 Å². The third-order valence-electron chi connectivity index (χ3n) is 2.64. The largest absolute Gasteiger partial charge is 0.272 e.